The third-order valence-electron chi connectivity index (χ3n) is 4.28. The van der Waals surface area contributed by atoms with Crippen molar-refractivity contribution in [3.63, 3.8) is 0 Å². The van der Waals surface area contributed by atoms with Crippen LogP contribution in [0.25, 0.3) is 11.1 Å². The van der Waals surface area contributed by atoms with Gasteiger partial charge in [0.05, 0.1) is 4.92 Å². The van der Waals surface area contributed by atoms with E-state index in [9.17, 15) is 10.1 Å². The summed E-state index contributed by atoms with van der Waals surface area (Å²) >= 11 is 0. The molecular formula is C18H20N2O2. The van der Waals surface area contributed by atoms with Gasteiger partial charge in [0.2, 0.25) is 0 Å². The molecule has 1 aliphatic carbocycles. The molecular weight excluding hydrogens is 276 g/mol. The lowest BCUT2D eigenvalue weighted by atomic mass is 9.94. The lowest BCUT2D eigenvalue weighted by Gasteiger charge is -2.25. The average Bonchev–Trinajstić information content (AvgIpc) is 2.56. The van der Waals surface area contributed by atoms with Crippen molar-refractivity contribution in [1.29, 1.82) is 0 Å². The zero-order valence-corrected chi connectivity index (χ0v) is 12.5. The van der Waals surface area contributed by atoms with Crippen molar-refractivity contribution in [2.45, 2.75) is 38.1 Å². The molecule has 0 radical (unpaired) electrons. The molecule has 4 nitrogen and oxygen atoms in total. The minimum absolute atomic E-state index is 0.159. The molecule has 22 heavy (non-hydrogen) atoms. The largest absolute Gasteiger partial charge is 0.376 e. The Hall–Kier alpha value is -2.36. The molecule has 1 fully saturated rings. The van der Waals surface area contributed by atoms with Crippen molar-refractivity contribution in [2.24, 2.45) is 0 Å². The molecule has 1 saturated carbocycles. The molecule has 0 aromatic heterocycles. The lowest BCUT2D eigenvalue weighted by Crippen LogP contribution is -2.23. The molecule has 2 aromatic carbocycles. The summed E-state index contributed by atoms with van der Waals surface area (Å²) in [6.07, 6.45) is 5.82. The molecule has 0 saturated heterocycles. The van der Waals surface area contributed by atoms with Gasteiger partial charge in [-0.3, -0.25) is 10.1 Å². The number of hydrogen-bond donors (Lipinski definition) is 1. The van der Waals surface area contributed by atoms with Crippen LogP contribution in [-0.2, 0) is 0 Å². The summed E-state index contributed by atoms with van der Waals surface area (Å²) in [7, 11) is 0. The summed E-state index contributed by atoms with van der Waals surface area (Å²) in [5.74, 6) is 0. The highest BCUT2D eigenvalue weighted by molar-refractivity contribution is 5.84. The van der Waals surface area contributed by atoms with E-state index in [1.54, 1.807) is 12.1 Å². The van der Waals surface area contributed by atoms with Gasteiger partial charge in [-0.15, -0.1) is 0 Å². The molecule has 114 valence electrons. The first kappa shape index (κ1) is 14.6. The first-order valence-electron chi connectivity index (χ1n) is 7.85. The second kappa shape index (κ2) is 6.60. The fourth-order valence-electron chi connectivity index (χ4n) is 3.15. The first-order chi connectivity index (χ1) is 10.8. The predicted molar refractivity (Wildman–Crippen MR) is 89.0 cm³/mol. The van der Waals surface area contributed by atoms with Gasteiger partial charge < -0.3 is 5.32 Å². The van der Waals surface area contributed by atoms with Crippen LogP contribution in [0.1, 0.15) is 32.1 Å². The fourth-order valence-corrected chi connectivity index (χ4v) is 3.15. The second-order valence-electron chi connectivity index (χ2n) is 5.80. The summed E-state index contributed by atoms with van der Waals surface area (Å²) in [4.78, 5) is 11.1. The molecule has 2 aromatic rings. The Balaban J connectivity index is 2.01. The van der Waals surface area contributed by atoms with Gasteiger partial charge in [-0.1, -0.05) is 61.7 Å². The summed E-state index contributed by atoms with van der Waals surface area (Å²) in [5.41, 5.74) is 2.72. The Morgan fingerprint density at radius 3 is 2.36 bits per heavy atom. The maximum Gasteiger partial charge on any atom is 0.292 e. The average molecular weight is 296 g/mol. The molecule has 0 unspecified atom stereocenters. The second-order valence-corrected chi connectivity index (χ2v) is 5.80. The molecule has 0 amide bonds. The highest BCUT2D eigenvalue weighted by Crippen LogP contribution is 2.37. The summed E-state index contributed by atoms with van der Waals surface area (Å²) in [6, 6.07) is 15.5. The van der Waals surface area contributed by atoms with E-state index in [1.165, 1.54) is 19.3 Å². The molecule has 0 atom stereocenters. The van der Waals surface area contributed by atoms with Crippen LogP contribution in [0.3, 0.4) is 0 Å². The van der Waals surface area contributed by atoms with Crippen LogP contribution in [-0.4, -0.2) is 11.0 Å². The Labute approximate surface area is 130 Å². The number of nitro benzene ring substituents is 1. The van der Waals surface area contributed by atoms with Crippen molar-refractivity contribution in [1.82, 2.24) is 0 Å². The number of nitrogens with zero attached hydrogens (tertiary/aromatic N) is 1. The van der Waals surface area contributed by atoms with Crippen LogP contribution in [0.5, 0.6) is 0 Å². The Morgan fingerprint density at radius 2 is 1.68 bits per heavy atom. The minimum Gasteiger partial charge on any atom is -0.376 e. The standard InChI is InChI=1S/C18H20N2O2/c21-20(22)17-13-7-12-16(14-8-3-1-4-9-14)18(17)19-15-10-5-2-6-11-15/h1,3-4,7-9,12-13,15,19H,2,5-6,10-11H2. The smallest absolute Gasteiger partial charge is 0.292 e. The summed E-state index contributed by atoms with van der Waals surface area (Å²) < 4.78 is 0. The van der Waals surface area contributed by atoms with Crippen molar-refractivity contribution >= 4 is 11.4 Å². The van der Waals surface area contributed by atoms with E-state index in [0.717, 1.165) is 24.0 Å². The first-order valence-corrected chi connectivity index (χ1v) is 7.85. The predicted octanol–water partition coefficient (Wildman–Crippen LogP) is 5.01. The normalized spacial score (nSPS) is 15.5. The van der Waals surface area contributed by atoms with Gasteiger partial charge in [-0.05, 0) is 18.4 Å². The van der Waals surface area contributed by atoms with Crippen LogP contribution in [0.2, 0.25) is 0 Å². The monoisotopic (exact) mass is 296 g/mol. The van der Waals surface area contributed by atoms with Crippen LogP contribution in [0, 0.1) is 10.1 Å². The molecule has 0 heterocycles. The summed E-state index contributed by atoms with van der Waals surface area (Å²) in [6.45, 7) is 0. The third-order valence-corrected chi connectivity index (χ3v) is 4.28. The van der Waals surface area contributed by atoms with Gasteiger partial charge in [0.15, 0.2) is 0 Å². The summed E-state index contributed by atoms with van der Waals surface area (Å²) in [5, 5.41) is 14.9. The van der Waals surface area contributed by atoms with Crippen LogP contribution in [0.15, 0.2) is 48.5 Å². The van der Waals surface area contributed by atoms with E-state index in [2.05, 4.69) is 5.32 Å². The zero-order chi connectivity index (χ0) is 15.4. The van der Waals surface area contributed by atoms with Gasteiger partial charge in [0.1, 0.15) is 5.69 Å². The highest BCUT2D eigenvalue weighted by atomic mass is 16.6. The molecule has 4 heteroatoms. The number of nitro groups is 1. The van der Waals surface area contributed by atoms with E-state index < -0.39 is 0 Å². The van der Waals surface area contributed by atoms with Gasteiger partial charge >= 0.3 is 0 Å². The molecule has 0 bridgehead atoms. The van der Waals surface area contributed by atoms with Crippen LogP contribution < -0.4 is 5.32 Å². The Kier molecular flexibility index (Phi) is 4.37. The van der Waals surface area contributed by atoms with Crippen LogP contribution in [0.4, 0.5) is 11.4 Å². The molecule has 1 aliphatic rings. The lowest BCUT2D eigenvalue weighted by molar-refractivity contribution is -0.383. The van der Waals surface area contributed by atoms with E-state index in [4.69, 9.17) is 0 Å². The SMILES string of the molecule is O=[N+]([O-])c1cccc(-c2ccccc2)c1NC1CCCCC1. The highest BCUT2D eigenvalue weighted by Gasteiger charge is 2.22. The van der Waals surface area contributed by atoms with E-state index in [0.29, 0.717) is 11.7 Å². The van der Waals surface area contributed by atoms with Gasteiger partial charge in [-0.2, -0.15) is 0 Å². The molecule has 3 rings (SSSR count). The Morgan fingerprint density at radius 1 is 0.955 bits per heavy atom. The third kappa shape index (κ3) is 3.11. The number of rotatable bonds is 4. The maximum absolute atomic E-state index is 11.4. The molecule has 1 N–H and O–H groups in total. The minimum atomic E-state index is -0.294. The molecule has 0 spiro atoms. The van der Waals surface area contributed by atoms with Crippen LogP contribution >= 0.6 is 0 Å². The van der Waals surface area contributed by atoms with Gasteiger partial charge in [-0.25, -0.2) is 0 Å². The zero-order valence-electron chi connectivity index (χ0n) is 12.5. The van der Waals surface area contributed by atoms with Crippen molar-refractivity contribution in [2.75, 3.05) is 5.32 Å². The molecule has 0 aliphatic heterocycles. The number of anilines is 1. The topological polar surface area (TPSA) is 55.2 Å². The number of benzene rings is 2. The Bertz CT molecular complexity index is 649. The van der Waals surface area contributed by atoms with E-state index in [-0.39, 0.29) is 10.6 Å². The number of para-hydroxylation sites is 1. The van der Waals surface area contributed by atoms with Crippen molar-refractivity contribution in [3.05, 3.63) is 58.6 Å². The van der Waals surface area contributed by atoms with Crippen molar-refractivity contribution in [3.8, 4) is 11.1 Å². The van der Waals surface area contributed by atoms with E-state index in [1.807, 2.05) is 36.4 Å². The number of nitrogens with one attached hydrogen (secondary N) is 1. The van der Waals surface area contributed by atoms with E-state index >= 15 is 0 Å². The van der Waals surface area contributed by atoms with Crippen molar-refractivity contribution < 1.29 is 4.92 Å². The number of hydrogen-bond acceptors (Lipinski definition) is 3. The van der Waals surface area contributed by atoms with Gasteiger partial charge in [0.25, 0.3) is 5.69 Å². The quantitative estimate of drug-likeness (QED) is 0.637. The fraction of sp³-hybridized carbons (Fsp3) is 0.333. The van der Waals surface area contributed by atoms with Gasteiger partial charge in [0, 0.05) is 17.7 Å². The maximum atomic E-state index is 11.4.